The Kier molecular flexibility index (Phi) is 8.49. The van der Waals surface area contributed by atoms with Crippen molar-refractivity contribution in [1.29, 1.82) is 0 Å². The molecule has 1 saturated heterocycles. The zero-order chi connectivity index (χ0) is 22.3. The Morgan fingerprint density at radius 3 is 2.39 bits per heavy atom. The molecule has 1 aliphatic carbocycles. The van der Waals surface area contributed by atoms with Gasteiger partial charge in [0.2, 0.25) is 11.8 Å². The topological polar surface area (TPSA) is 105 Å². The highest BCUT2D eigenvalue weighted by Crippen LogP contribution is 2.32. The van der Waals surface area contributed by atoms with Crippen LogP contribution in [0.25, 0.3) is 0 Å². The van der Waals surface area contributed by atoms with Crippen molar-refractivity contribution in [2.75, 3.05) is 13.2 Å². The molecule has 7 nitrogen and oxygen atoms in total. The number of carbonyl (C=O) groups excluding carboxylic acids is 2. The molecule has 1 aromatic rings. The summed E-state index contributed by atoms with van der Waals surface area (Å²) in [5.41, 5.74) is -0.0280. The summed E-state index contributed by atoms with van der Waals surface area (Å²) < 4.78 is 5.37. The quantitative estimate of drug-likeness (QED) is 0.457. The fraction of sp³-hybridized carbons (Fsp3) is 0.609. The van der Waals surface area contributed by atoms with Crippen LogP contribution in [0.2, 0.25) is 0 Å². The van der Waals surface area contributed by atoms with E-state index >= 15 is 0 Å². The monoisotopic (exact) mass is 494 g/mol. The molecule has 2 fully saturated rings. The molecule has 3 rings (SSSR count). The minimum atomic E-state index is -1.07. The van der Waals surface area contributed by atoms with E-state index in [1.165, 1.54) is 0 Å². The Balaban J connectivity index is 1.63. The minimum Gasteiger partial charge on any atom is -0.480 e. The molecule has 2 aliphatic rings. The lowest BCUT2D eigenvalue weighted by Gasteiger charge is -2.33. The summed E-state index contributed by atoms with van der Waals surface area (Å²) in [6, 6.07) is 8.59. The maximum Gasteiger partial charge on any atom is 0.326 e. The van der Waals surface area contributed by atoms with Crippen LogP contribution >= 0.6 is 15.9 Å². The summed E-state index contributed by atoms with van der Waals surface area (Å²) in [5, 5.41) is 15.3. The van der Waals surface area contributed by atoms with Gasteiger partial charge in [-0.2, -0.15) is 0 Å². The van der Waals surface area contributed by atoms with E-state index in [-0.39, 0.29) is 18.2 Å². The summed E-state index contributed by atoms with van der Waals surface area (Å²) >= 11 is 3.52. The number of hydrogen-bond acceptors (Lipinski definition) is 4. The number of alkyl halides is 1. The molecule has 2 atom stereocenters. The van der Waals surface area contributed by atoms with Crippen LogP contribution in [0.3, 0.4) is 0 Å². The van der Waals surface area contributed by atoms with Gasteiger partial charge in [0.25, 0.3) is 0 Å². The van der Waals surface area contributed by atoms with Crippen LogP contribution in [0.1, 0.15) is 50.5 Å². The van der Waals surface area contributed by atoms with Crippen molar-refractivity contribution in [3.63, 3.8) is 0 Å². The second-order valence-electron chi connectivity index (χ2n) is 8.52. The number of nitrogens with one attached hydrogen (secondary N) is 2. The first kappa shape index (κ1) is 23.7. The summed E-state index contributed by atoms with van der Waals surface area (Å²) in [4.78, 5) is 37.5. The van der Waals surface area contributed by atoms with Gasteiger partial charge in [-0.3, -0.25) is 9.59 Å². The molecular weight excluding hydrogens is 464 g/mol. The first-order valence-corrected chi connectivity index (χ1v) is 11.9. The molecule has 0 bridgehead atoms. The molecule has 8 heteroatoms. The highest BCUT2D eigenvalue weighted by atomic mass is 79.9. The number of aryl methyl sites for hydroxylation is 1. The third-order valence-electron chi connectivity index (χ3n) is 6.35. The summed E-state index contributed by atoms with van der Waals surface area (Å²) in [7, 11) is 0. The molecule has 31 heavy (non-hydrogen) atoms. The normalized spacial score (nSPS) is 20.5. The van der Waals surface area contributed by atoms with Crippen molar-refractivity contribution in [2.45, 2.75) is 67.8 Å². The Bertz CT molecular complexity index is 760. The highest BCUT2D eigenvalue weighted by Gasteiger charge is 2.45. The predicted octanol–water partition coefficient (Wildman–Crippen LogP) is 2.81. The minimum absolute atomic E-state index is 0.160. The molecule has 0 aromatic heterocycles. The molecule has 2 amide bonds. The predicted molar refractivity (Wildman–Crippen MR) is 120 cm³/mol. The first-order valence-electron chi connectivity index (χ1n) is 11.0. The number of ether oxygens (including phenoxy) is 1. The largest absolute Gasteiger partial charge is 0.480 e. The SMILES string of the molecule is O=C(O)[C@H](CCc1ccccc1)NC(=O)C1(NC(=O)[C@H](Br)C2CCOCC2)CCCC1. The van der Waals surface area contributed by atoms with Crippen molar-refractivity contribution in [2.24, 2.45) is 5.92 Å². The number of carboxylic acid groups (broad SMARTS) is 1. The number of aliphatic carboxylic acids is 1. The smallest absolute Gasteiger partial charge is 0.326 e. The lowest BCUT2D eigenvalue weighted by Crippen LogP contribution is -2.61. The van der Waals surface area contributed by atoms with Crippen LogP contribution < -0.4 is 10.6 Å². The van der Waals surface area contributed by atoms with Gasteiger partial charge in [-0.15, -0.1) is 0 Å². The van der Waals surface area contributed by atoms with E-state index in [0.29, 0.717) is 32.5 Å². The zero-order valence-electron chi connectivity index (χ0n) is 17.6. The Hall–Kier alpha value is -1.93. The number of rotatable bonds is 9. The van der Waals surface area contributed by atoms with Crippen molar-refractivity contribution in [1.82, 2.24) is 10.6 Å². The third kappa shape index (κ3) is 6.29. The average molecular weight is 495 g/mol. The molecule has 1 heterocycles. The second-order valence-corrected chi connectivity index (χ2v) is 9.51. The second kappa shape index (κ2) is 11.1. The molecule has 3 N–H and O–H groups in total. The molecule has 170 valence electrons. The lowest BCUT2D eigenvalue weighted by atomic mass is 9.92. The standard InChI is InChI=1S/C23H31BrN2O5/c24-19(17-10-14-31-15-11-17)20(27)26-23(12-4-5-13-23)22(30)25-18(21(28)29)9-8-16-6-2-1-3-7-16/h1-3,6-7,17-19H,4-5,8-15H2,(H,25,30)(H,26,27)(H,28,29)/t18-,19+/m0/s1. The van der Waals surface area contributed by atoms with Crippen LogP contribution in [-0.4, -0.2) is 52.5 Å². The molecule has 1 aromatic carbocycles. The number of benzene rings is 1. The van der Waals surface area contributed by atoms with E-state index in [0.717, 1.165) is 31.2 Å². The number of halogens is 1. The van der Waals surface area contributed by atoms with Crippen molar-refractivity contribution < 1.29 is 24.2 Å². The Labute approximate surface area is 191 Å². The van der Waals surface area contributed by atoms with E-state index in [2.05, 4.69) is 26.6 Å². The van der Waals surface area contributed by atoms with Gasteiger partial charge in [0.05, 0.1) is 4.83 Å². The molecule has 0 unspecified atom stereocenters. The number of carbonyl (C=O) groups is 3. The molecule has 1 aliphatic heterocycles. The molecule has 1 saturated carbocycles. The van der Waals surface area contributed by atoms with Crippen LogP contribution in [0.5, 0.6) is 0 Å². The fourth-order valence-corrected chi connectivity index (χ4v) is 5.07. The fourth-order valence-electron chi connectivity index (χ4n) is 4.42. The van der Waals surface area contributed by atoms with Gasteiger partial charge in [0, 0.05) is 13.2 Å². The van der Waals surface area contributed by atoms with Gasteiger partial charge < -0.3 is 20.5 Å². The van der Waals surface area contributed by atoms with Gasteiger partial charge in [0.1, 0.15) is 11.6 Å². The van der Waals surface area contributed by atoms with Gasteiger partial charge in [-0.05, 0) is 50.0 Å². The van der Waals surface area contributed by atoms with Gasteiger partial charge in [0.15, 0.2) is 0 Å². The Morgan fingerprint density at radius 2 is 1.77 bits per heavy atom. The van der Waals surface area contributed by atoms with E-state index in [4.69, 9.17) is 4.74 Å². The van der Waals surface area contributed by atoms with E-state index in [1.807, 2.05) is 30.3 Å². The summed E-state index contributed by atoms with van der Waals surface area (Å²) in [6.45, 7) is 1.26. The summed E-state index contributed by atoms with van der Waals surface area (Å²) in [6.07, 6.45) is 5.10. The summed E-state index contributed by atoms with van der Waals surface area (Å²) in [5.74, 6) is -1.51. The van der Waals surface area contributed by atoms with Crippen LogP contribution in [0, 0.1) is 5.92 Å². The number of carboxylic acids is 1. The van der Waals surface area contributed by atoms with Crippen LogP contribution in [0.15, 0.2) is 30.3 Å². The van der Waals surface area contributed by atoms with Crippen molar-refractivity contribution in [3.05, 3.63) is 35.9 Å². The maximum absolute atomic E-state index is 13.2. The molecular formula is C23H31BrN2O5. The zero-order valence-corrected chi connectivity index (χ0v) is 19.2. The first-order chi connectivity index (χ1) is 14.9. The van der Waals surface area contributed by atoms with Crippen molar-refractivity contribution >= 4 is 33.7 Å². The van der Waals surface area contributed by atoms with Crippen LogP contribution in [-0.2, 0) is 25.5 Å². The van der Waals surface area contributed by atoms with E-state index < -0.39 is 28.3 Å². The number of hydrogen-bond donors (Lipinski definition) is 3. The highest BCUT2D eigenvalue weighted by molar-refractivity contribution is 9.10. The Morgan fingerprint density at radius 1 is 1.13 bits per heavy atom. The number of amides is 2. The van der Waals surface area contributed by atoms with Gasteiger partial charge in [-0.25, -0.2) is 4.79 Å². The van der Waals surface area contributed by atoms with Crippen LogP contribution in [0.4, 0.5) is 0 Å². The van der Waals surface area contributed by atoms with Gasteiger partial charge in [-0.1, -0.05) is 59.1 Å². The van der Waals surface area contributed by atoms with Gasteiger partial charge >= 0.3 is 5.97 Å². The maximum atomic E-state index is 13.2. The van der Waals surface area contributed by atoms with E-state index in [1.54, 1.807) is 0 Å². The molecule has 0 radical (unpaired) electrons. The van der Waals surface area contributed by atoms with Crippen molar-refractivity contribution in [3.8, 4) is 0 Å². The molecule has 0 spiro atoms. The third-order valence-corrected chi connectivity index (χ3v) is 7.52. The van der Waals surface area contributed by atoms with E-state index in [9.17, 15) is 19.5 Å². The average Bonchev–Trinajstić information content (AvgIpc) is 3.26. The lowest BCUT2D eigenvalue weighted by molar-refractivity contribution is -0.143.